The van der Waals surface area contributed by atoms with Gasteiger partial charge < -0.3 is 9.09 Å². The first-order chi connectivity index (χ1) is 5.77. The zero-order valence-corrected chi connectivity index (χ0v) is 6.90. The lowest BCUT2D eigenvalue weighted by Crippen LogP contribution is -1.90. The molecule has 2 aromatic heterocycles. The van der Waals surface area contributed by atoms with E-state index < -0.39 is 0 Å². The maximum Gasteiger partial charge on any atom is 0.162 e. The van der Waals surface area contributed by atoms with Crippen LogP contribution in [0.1, 0.15) is 5.76 Å². The van der Waals surface area contributed by atoms with E-state index in [0.29, 0.717) is 0 Å². The Hall–Kier alpha value is -1.58. The molecule has 0 bridgehead atoms. The summed E-state index contributed by atoms with van der Waals surface area (Å²) in [7, 11) is 1.87. The molecule has 61 valence electrons. The first-order valence-corrected chi connectivity index (χ1v) is 3.60. The molecule has 0 aliphatic carbocycles. The van der Waals surface area contributed by atoms with E-state index >= 15 is 0 Å². The summed E-state index contributed by atoms with van der Waals surface area (Å²) in [5, 5.41) is 3.84. The Morgan fingerprint density at radius 2 is 2.42 bits per heavy atom. The third kappa shape index (κ3) is 1.01. The van der Waals surface area contributed by atoms with Crippen molar-refractivity contribution >= 4 is 0 Å². The molecular weight excluding hydrogens is 154 g/mol. The summed E-state index contributed by atoms with van der Waals surface area (Å²) in [5.74, 6) is 1.56. The average Bonchev–Trinajstić information content (AvgIpc) is 2.58. The first-order valence-electron chi connectivity index (χ1n) is 3.60. The van der Waals surface area contributed by atoms with Gasteiger partial charge in [0.15, 0.2) is 5.82 Å². The molecule has 0 unspecified atom stereocenters. The minimum absolute atomic E-state index is 0.747. The van der Waals surface area contributed by atoms with Gasteiger partial charge in [0.05, 0.1) is 12.4 Å². The Kier molecular flexibility index (Phi) is 1.46. The molecule has 4 nitrogen and oxygen atoms in total. The van der Waals surface area contributed by atoms with Gasteiger partial charge >= 0.3 is 0 Å². The number of nitrogens with zero attached hydrogens (tertiary/aromatic N) is 3. The molecule has 1 radical (unpaired) electrons. The lowest BCUT2D eigenvalue weighted by atomic mass is 10.3. The maximum absolute atomic E-state index is 4.93. The fourth-order valence-electron chi connectivity index (χ4n) is 1.03. The number of hydrogen-bond donors (Lipinski definition) is 0. The molecule has 12 heavy (non-hydrogen) atoms. The summed E-state index contributed by atoms with van der Waals surface area (Å²) in [5.41, 5.74) is 0.747. The van der Waals surface area contributed by atoms with E-state index in [9.17, 15) is 0 Å². The van der Waals surface area contributed by atoms with Crippen molar-refractivity contribution in [2.24, 2.45) is 7.05 Å². The Morgan fingerprint density at radius 3 is 2.92 bits per heavy atom. The van der Waals surface area contributed by atoms with Crippen LogP contribution in [0, 0.1) is 13.1 Å². The predicted molar refractivity (Wildman–Crippen MR) is 42.3 cm³/mol. The van der Waals surface area contributed by atoms with Gasteiger partial charge in [-0.3, -0.25) is 0 Å². The number of hydrogen-bond acceptors (Lipinski definition) is 3. The molecule has 2 aromatic rings. The van der Waals surface area contributed by atoms with Gasteiger partial charge in [-0.05, 0) is 6.92 Å². The Labute approximate surface area is 69.8 Å². The highest BCUT2D eigenvalue weighted by Gasteiger charge is 2.07. The number of aromatic nitrogens is 3. The van der Waals surface area contributed by atoms with Crippen molar-refractivity contribution in [1.82, 2.24) is 14.7 Å². The molecule has 0 fully saturated rings. The maximum atomic E-state index is 4.93. The van der Waals surface area contributed by atoms with Crippen LogP contribution in [0.25, 0.3) is 11.5 Å². The van der Waals surface area contributed by atoms with E-state index in [1.807, 2.05) is 20.0 Å². The van der Waals surface area contributed by atoms with Crippen molar-refractivity contribution in [3.63, 3.8) is 0 Å². The molecule has 2 rings (SSSR count). The van der Waals surface area contributed by atoms with Crippen LogP contribution in [0.4, 0.5) is 0 Å². The van der Waals surface area contributed by atoms with E-state index in [2.05, 4.69) is 16.3 Å². The highest BCUT2D eigenvalue weighted by atomic mass is 16.5. The fourth-order valence-corrected chi connectivity index (χ4v) is 1.03. The smallest absolute Gasteiger partial charge is 0.162 e. The van der Waals surface area contributed by atoms with E-state index in [-0.39, 0.29) is 0 Å². The summed E-state index contributed by atoms with van der Waals surface area (Å²) in [6.45, 7) is 1.85. The number of rotatable bonds is 1. The minimum atomic E-state index is 0.747. The van der Waals surface area contributed by atoms with Crippen LogP contribution in [0.5, 0.6) is 0 Å². The molecular formula is C8H8N3O. The highest BCUT2D eigenvalue weighted by Crippen LogP contribution is 2.14. The fraction of sp³-hybridized carbons (Fsp3) is 0.250. The van der Waals surface area contributed by atoms with Crippen LogP contribution in [-0.4, -0.2) is 14.7 Å². The number of imidazole rings is 1. The summed E-state index contributed by atoms with van der Waals surface area (Å²) in [4.78, 5) is 4.08. The molecule has 0 aliphatic heterocycles. The lowest BCUT2D eigenvalue weighted by Gasteiger charge is -1.92. The summed E-state index contributed by atoms with van der Waals surface area (Å²) in [6.07, 6.45) is 4.51. The molecule has 0 aliphatic rings. The van der Waals surface area contributed by atoms with Gasteiger partial charge in [0.2, 0.25) is 0 Å². The zero-order valence-electron chi connectivity index (χ0n) is 6.90. The van der Waals surface area contributed by atoms with Crippen LogP contribution in [-0.2, 0) is 7.05 Å². The SMILES string of the molecule is Cc1cc(-c2nc[c]n2C)no1. The van der Waals surface area contributed by atoms with Gasteiger partial charge in [-0.25, -0.2) is 4.98 Å². The lowest BCUT2D eigenvalue weighted by molar-refractivity contribution is 0.399. The van der Waals surface area contributed by atoms with Gasteiger partial charge in [0.25, 0.3) is 0 Å². The van der Waals surface area contributed by atoms with Gasteiger partial charge in [0.1, 0.15) is 11.5 Å². The van der Waals surface area contributed by atoms with Gasteiger partial charge in [-0.1, -0.05) is 5.16 Å². The van der Waals surface area contributed by atoms with E-state index in [0.717, 1.165) is 17.3 Å². The highest BCUT2D eigenvalue weighted by molar-refractivity contribution is 5.48. The standard InChI is InChI=1S/C8H8N3O/c1-6-5-7(10-12-6)8-9-3-4-11(8)2/h3,5H,1-2H3. The molecule has 0 saturated heterocycles. The van der Waals surface area contributed by atoms with Crippen molar-refractivity contribution in [2.45, 2.75) is 6.92 Å². The summed E-state index contributed by atoms with van der Waals surface area (Å²) < 4.78 is 6.70. The molecule has 0 aromatic carbocycles. The minimum Gasteiger partial charge on any atom is -0.361 e. The summed E-state index contributed by atoms with van der Waals surface area (Å²) >= 11 is 0. The normalized spacial score (nSPS) is 10.5. The third-order valence-corrected chi connectivity index (χ3v) is 1.61. The van der Waals surface area contributed by atoms with Crippen molar-refractivity contribution in [1.29, 1.82) is 0 Å². The van der Waals surface area contributed by atoms with Crippen LogP contribution in [0.15, 0.2) is 16.8 Å². The number of aryl methyl sites for hydroxylation is 2. The van der Waals surface area contributed by atoms with Gasteiger partial charge in [-0.15, -0.1) is 0 Å². The van der Waals surface area contributed by atoms with E-state index in [4.69, 9.17) is 4.52 Å². The molecule has 0 spiro atoms. The molecule has 0 atom stereocenters. The molecule has 2 heterocycles. The predicted octanol–water partition coefficient (Wildman–Crippen LogP) is 1.18. The largest absolute Gasteiger partial charge is 0.361 e. The second-order valence-corrected chi connectivity index (χ2v) is 2.59. The van der Waals surface area contributed by atoms with Crippen molar-refractivity contribution in [3.8, 4) is 11.5 Å². The zero-order chi connectivity index (χ0) is 8.55. The summed E-state index contributed by atoms with van der Waals surface area (Å²) in [6, 6.07) is 1.84. The average molecular weight is 162 g/mol. The second-order valence-electron chi connectivity index (χ2n) is 2.59. The van der Waals surface area contributed by atoms with Gasteiger partial charge in [-0.2, -0.15) is 0 Å². The first kappa shape index (κ1) is 7.09. The topological polar surface area (TPSA) is 43.9 Å². The van der Waals surface area contributed by atoms with Crippen molar-refractivity contribution in [2.75, 3.05) is 0 Å². The van der Waals surface area contributed by atoms with E-state index in [1.54, 1.807) is 10.8 Å². The van der Waals surface area contributed by atoms with Crippen molar-refractivity contribution in [3.05, 3.63) is 24.2 Å². The quantitative estimate of drug-likeness (QED) is 0.632. The van der Waals surface area contributed by atoms with E-state index in [1.165, 1.54) is 0 Å². The molecule has 0 saturated carbocycles. The second kappa shape index (κ2) is 2.48. The molecule has 0 amide bonds. The van der Waals surface area contributed by atoms with Crippen LogP contribution < -0.4 is 0 Å². The molecule has 0 N–H and O–H groups in total. The van der Waals surface area contributed by atoms with Crippen LogP contribution >= 0.6 is 0 Å². The Bertz CT molecular complexity index is 388. The Morgan fingerprint density at radius 1 is 1.58 bits per heavy atom. The Balaban J connectivity index is 2.50. The van der Waals surface area contributed by atoms with Gasteiger partial charge in [0, 0.05) is 13.1 Å². The monoisotopic (exact) mass is 162 g/mol. The third-order valence-electron chi connectivity index (χ3n) is 1.61. The van der Waals surface area contributed by atoms with Crippen molar-refractivity contribution < 1.29 is 4.52 Å². The van der Waals surface area contributed by atoms with Crippen LogP contribution in [0.3, 0.4) is 0 Å². The van der Waals surface area contributed by atoms with Crippen LogP contribution in [0.2, 0.25) is 0 Å². The molecule has 4 heteroatoms.